The van der Waals surface area contributed by atoms with Gasteiger partial charge in [-0.1, -0.05) is 0 Å². The number of urea groups is 1. The number of nitrogens with one attached hydrogen (secondary N) is 3. The molecule has 0 bridgehead atoms. The molecular weight excluding hydrogens is 692 g/mol. The van der Waals surface area contributed by atoms with E-state index in [0.717, 1.165) is 78.0 Å². The van der Waals surface area contributed by atoms with Gasteiger partial charge < -0.3 is 41.2 Å². The predicted molar refractivity (Wildman–Crippen MR) is 200 cm³/mol. The number of fused-ring (bicyclic) bond motifs is 2. The fraction of sp³-hybridized carbons (Fsp3) is 0.405. The standard InChI is InChI=1S/C21H28N6O2.C16H16N6O3/c1-3-23-21(28)24-16-6-4-15(5-7-16)19-25-18-8-9-22-12-17(18)20(26-19)27-10-11-29-13-14(27)2;17-15-18-5-10(6-19-15)14-20-12-8-22(16(23)24)7-11(12)13(21-14)9-1-3-25-4-2-9/h4-7,14,22H,3,8-13H2,1-2H3,(H2,23,24,28);1,3,5-6,9H,2,4,7-8H2,(H,23,24)(H2,17,18,19)/t14-;/m0./s1. The number of hydrogen-bond acceptors (Lipinski definition) is 13. The molecule has 0 spiro atoms. The van der Waals surface area contributed by atoms with Crippen LogP contribution in [0.4, 0.5) is 27.0 Å². The molecule has 3 amide bonds. The first-order chi connectivity index (χ1) is 26.3. The first kappa shape index (κ1) is 36.4. The highest BCUT2D eigenvalue weighted by molar-refractivity contribution is 5.89. The molecule has 4 aliphatic heterocycles. The molecule has 0 saturated carbocycles. The Bertz CT molecular complexity index is 2010. The number of carbonyl (C=O) groups is 2. The van der Waals surface area contributed by atoms with E-state index >= 15 is 0 Å². The minimum Gasteiger partial charge on any atom is -0.501 e. The molecule has 17 nitrogen and oxygen atoms in total. The van der Waals surface area contributed by atoms with Gasteiger partial charge in [0.15, 0.2) is 11.6 Å². The minimum absolute atomic E-state index is 0.0627. The molecule has 3 aromatic heterocycles. The molecule has 2 atom stereocenters. The Labute approximate surface area is 312 Å². The molecule has 1 aromatic carbocycles. The summed E-state index contributed by atoms with van der Waals surface area (Å²) in [6.07, 6.45) is 7.45. The van der Waals surface area contributed by atoms with E-state index in [1.165, 1.54) is 10.5 Å². The highest BCUT2D eigenvalue weighted by atomic mass is 16.5. The molecule has 4 aliphatic rings. The van der Waals surface area contributed by atoms with Gasteiger partial charge in [0.05, 0.1) is 67.9 Å². The number of nitrogens with two attached hydrogens (primary N) is 1. The number of morpholine rings is 1. The Kier molecular flexibility index (Phi) is 11.1. The van der Waals surface area contributed by atoms with Gasteiger partial charge in [0.25, 0.3) is 0 Å². The molecule has 7 heterocycles. The molecule has 8 rings (SSSR count). The van der Waals surface area contributed by atoms with Crippen LogP contribution in [0.25, 0.3) is 22.8 Å². The number of nitrogens with zero attached hydrogens (tertiary/aromatic N) is 8. The number of aromatic nitrogens is 6. The van der Waals surface area contributed by atoms with Crippen molar-refractivity contribution in [2.75, 3.05) is 55.4 Å². The summed E-state index contributed by atoms with van der Waals surface area (Å²) < 4.78 is 10.9. The predicted octanol–water partition coefficient (Wildman–Crippen LogP) is 3.68. The monoisotopic (exact) mass is 736 g/mol. The normalized spacial score (nSPS) is 18.8. The summed E-state index contributed by atoms with van der Waals surface area (Å²) in [5, 5.41) is 18.3. The highest BCUT2D eigenvalue weighted by Gasteiger charge is 2.31. The zero-order chi connectivity index (χ0) is 37.6. The Morgan fingerprint density at radius 2 is 1.78 bits per heavy atom. The molecule has 4 aromatic rings. The van der Waals surface area contributed by atoms with Crippen LogP contribution in [0.1, 0.15) is 54.4 Å². The zero-order valence-corrected chi connectivity index (χ0v) is 30.3. The van der Waals surface area contributed by atoms with Crippen molar-refractivity contribution in [3.8, 4) is 22.8 Å². The van der Waals surface area contributed by atoms with E-state index < -0.39 is 6.09 Å². The van der Waals surface area contributed by atoms with Crippen molar-refractivity contribution in [1.29, 1.82) is 0 Å². The van der Waals surface area contributed by atoms with Gasteiger partial charge in [0.1, 0.15) is 5.82 Å². The van der Waals surface area contributed by atoms with Crippen molar-refractivity contribution in [3.63, 3.8) is 0 Å². The fourth-order valence-electron chi connectivity index (χ4n) is 6.81. The van der Waals surface area contributed by atoms with E-state index in [0.29, 0.717) is 44.3 Å². The van der Waals surface area contributed by atoms with Crippen LogP contribution in [-0.2, 0) is 35.5 Å². The number of allylic oxidation sites excluding steroid dienone is 1. The van der Waals surface area contributed by atoms with Crippen molar-refractivity contribution in [1.82, 2.24) is 45.4 Å². The number of ether oxygens (including phenoxy) is 2. The van der Waals surface area contributed by atoms with Crippen molar-refractivity contribution >= 4 is 29.6 Å². The average Bonchev–Trinajstić information content (AvgIpc) is 3.64. The Hall–Kier alpha value is -5.94. The number of anilines is 3. The lowest BCUT2D eigenvalue weighted by atomic mass is 9.95. The van der Waals surface area contributed by atoms with Crippen LogP contribution >= 0.6 is 0 Å². The summed E-state index contributed by atoms with van der Waals surface area (Å²) >= 11 is 0. The number of nitrogen functional groups attached to an aromatic ring is 1. The molecule has 0 radical (unpaired) electrons. The summed E-state index contributed by atoms with van der Waals surface area (Å²) in [5.74, 6) is 2.45. The first-order valence-electron chi connectivity index (χ1n) is 18.1. The highest BCUT2D eigenvalue weighted by Crippen LogP contribution is 2.34. The molecule has 54 heavy (non-hydrogen) atoms. The maximum atomic E-state index is 11.7. The van der Waals surface area contributed by atoms with Gasteiger partial charge >= 0.3 is 12.1 Å². The van der Waals surface area contributed by atoms with Gasteiger partial charge in [-0.2, -0.15) is 0 Å². The fourth-order valence-corrected chi connectivity index (χ4v) is 6.81. The molecule has 1 saturated heterocycles. The second kappa shape index (κ2) is 16.4. The second-order valence-electron chi connectivity index (χ2n) is 13.3. The summed E-state index contributed by atoms with van der Waals surface area (Å²) in [6.45, 7) is 9.77. The van der Waals surface area contributed by atoms with Gasteiger partial charge in [-0.15, -0.1) is 0 Å². The molecule has 6 N–H and O–H groups in total. The van der Waals surface area contributed by atoms with Crippen LogP contribution in [0.3, 0.4) is 0 Å². The molecule has 1 unspecified atom stereocenters. The minimum atomic E-state index is -0.969. The molecule has 282 valence electrons. The third-order valence-electron chi connectivity index (χ3n) is 9.61. The largest absolute Gasteiger partial charge is 0.501 e. The van der Waals surface area contributed by atoms with E-state index in [1.54, 1.807) is 18.7 Å². The van der Waals surface area contributed by atoms with Crippen molar-refractivity contribution in [2.45, 2.75) is 58.3 Å². The summed E-state index contributed by atoms with van der Waals surface area (Å²) in [6, 6.07) is 7.74. The number of carboxylic acid groups (broad SMARTS) is 1. The molecule has 17 heteroatoms. The van der Waals surface area contributed by atoms with Crippen LogP contribution < -0.4 is 26.6 Å². The van der Waals surface area contributed by atoms with E-state index in [4.69, 9.17) is 30.2 Å². The van der Waals surface area contributed by atoms with Crippen LogP contribution in [0.15, 0.2) is 49.0 Å². The van der Waals surface area contributed by atoms with E-state index in [2.05, 4.69) is 42.7 Å². The molecule has 1 fully saturated rings. The first-order valence-corrected chi connectivity index (χ1v) is 18.1. The van der Waals surface area contributed by atoms with Crippen molar-refractivity contribution in [2.24, 2.45) is 0 Å². The smallest absolute Gasteiger partial charge is 0.407 e. The summed E-state index contributed by atoms with van der Waals surface area (Å²) in [7, 11) is 0. The topological polar surface area (TPSA) is 219 Å². The van der Waals surface area contributed by atoms with Crippen molar-refractivity contribution in [3.05, 3.63) is 77.2 Å². The number of hydrogen-bond donors (Lipinski definition) is 5. The lowest BCUT2D eigenvalue weighted by Gasteiger charge is -2.36. The molecule has 0 aliphatic carbocycles. The van der Waals surface area contributed by atoms with Crippen molar-refractivity contribution < 1.29 is 24.2 Å². The van der Waals surface area contributed by atoms with Crippen LogP contribution in [0.5, 0.6) is 0 Å². The number of rotatable bonds is 6. The van der Waals surface area contributed by atoms with Crippen LogP contribution in [0, 0.1) is 0 Å². The lowest BCUT2D eigenvalue weighted by Crippen LogP contribution is -2.45. The summed E-state index contributed by atoms with van der Waals surface area (Å²) in [4.78, 5) is 53.8. The van der Waals surface area contributed by atoms with Gasteiger partial charge in [0, 0.05) is 73.3 Å². The van der Waals surface area contributed by atoms with Gasteiger partial charge in [-0.05, 0) is 50.6 Å². The van der Waals surface area contributed by atoms with Gasteiger partial charge in [-0.25, -0.2) is 39.5 Å². The molecular formula is C37H44N12O5. The maximum absolute atomic E-state index is 11.7. The van der Waals surface area contributed by atoms with Crippen LogP contribution in [0.2, 0.25) is 0 Å². The Morgan fingerprint density at radius 1 is 1.00 bits per heavy atom. The number of amides is 3. The number of benzene rings is 1. The average molecular weight is 737 g/mol. The maximum Gasteiger partial charge on any atom is 0.407 e. The van der Waals surface area contributed by atoms with E-state index in [9.17, 15) is 14.7 Å². The lowest BCUT2D eigenvalue weighted by molar-refractivity contribution is 0.0984. The number of carbonyl (C=O) groups excluding carboxylic acids is 1. The second-order valence-corrected chi connectivity index (χ2v) is 13.3. The van der Waals surface area contributed by atoms with Crippen LogP contribution in [-0.4, -0.2) is 97.5 Å². The third kappa shape index (κ3) is 8.16. The zero-order valence-electron chi connectivity index (χ0n) is 30.3. The van der Waals surface area contributed by atoms with Gasteiger partial charge in [0.2, 0.25) is 5.95 Å². The van der Waals surface area contributed by atoms with E-state index in [1.807, 2.05) is 37.3 Å². The SMILES string of the molecule is CCNC(=O)Nc1ccc(-c2nc3c(c(N4CCOC[C@@H]4C)n2)CNCC3)cc1.Nc1ncc(-c2nc3c(c(C4C=COCC4)n2)CN(C(=O)O)C3)cn1. The Morgan fingerprint density at radius 3 is 2.50 bits per heavy atom. The Balaban J connectivity index is 0.000000168. The van der Waals surface area contributed by atoms with E-state index in [-0.39, 0.29) is 30.5 Å². The summed E-state index contributed by atoms with van der Waals surface area (Å²) in [5.41, 5.74) is 12.6. The quantitative estimate of drug-likeness (QED) is 0.191. The third-order valence-corrected chi connectivity index (χ3v) is 9.61. The van der Waals surface area contributed by atoms with Gasteiger partial charge in [-0.3, -0.25) is 4.90 Å².